The van der Waals surface area contributed by atoms with Crippen molar-refractivity contribution >= 4 is 46.7 Å². The molecule has 0 aromatic rings. The quantitative estimate of drug-likeness (QED) is 0.629. The molecule has 0 rings (SSSR count). The van der Waals surface area contributed by atoms with Crippen LogP contribution in [0.15, 0.2) is 0 Å². The summed E-state index contributed by atoms with van der Waals surface area (Å²) in [7, 11) is 0. The first-order valence-corrected chi connectivity index (χ1v) is 5.42. The Balaban J connectivity index is 3.37. The van der Waals surface area contributed by atoms with Gasteiger partial charge in [-0.15, -0.1) is 11.8 Å². The van der Waals surface area contributed by atoms with Crippen LogP contribution in [-0.4, -0.2) is 21.9 Å². The fourth-order valence-corrected chi connectivity index (χ4v) is 2.04. The Labute approximate surface area is 68.7 Å². The minimum absolute atomic E-state index is 0.584. The van der Waals surface area contributed by atoms with Crippen LogP contribution in [0.3, 0.4) is 0 Å². The van der Waals surface area contributed by atoms with Crippen LogP contribution in [0.4, 0.5) is 0 Å². The van der Waals surface area contributed by atoms with Gasteiger partial charge in [0.2, 0.25) is 0 Å². The average molecular weight is 191 g/mol. The second kappa shape index (κ2) is 4.15. The van der Waals surface area contributed by atoms with Gasteiger partial charge in [-0.25, -0.2) is 0 Å². The van der Waals surface area contributed by atoms with Crippen molar-refractivity contribution < 1.29 is 0 Å². The molecule has 0 spiro atoms. The third-order valence-corrected chi connectivity index (χ3v) is 3.77. The van der Waals surface area contributed by atoms with Gasteiger partial charge in [-0.05, 0) is 12.5 Å². The van der Waals surface area contributed by atoms with Crippen molar-refractivity contribution in [3.05, 3.63) is 0 Å². The molecular weight excluding hydrogens is 183 g/mol. The summed E-state index contributed by atoms with van der Waals surface area (Å²) in [6, 6.07) is 0. The summed E-state index contributed by atoms with van der Waals surface area (Å²) >= 11 is 14.6. The number of thioether (sulfide) groups is 2. The summed E-state index contributed by atoms with van der Waals surface area (Å²) in [6.07, 6.45) is 3.88. The lowest BCUT2D eigenvalue weighted by atomic mass is 10.9. The second-order valence-corrected chi connectivity index (χ2v) is 5.18. The lowest BCUT2D eigenvalue weighted by molar-refractivity contribution is 1.32. The molecule has 0 atom stereocenters. The van der Waals surface area contributed by atoms with Crippen LogP contribution in [0.25, 0.3) is 0 Å². The van der Waals surface area contributed by atoms with E-state index < -0.39 is 3.67 Å². The van der Waals surface area contributed by atoms with Gasteiger partial charge in [0.05, 0.1) is 0 Å². The third-order valence-electron chi connectivity index (χ3n) is 0.611. The Morgan fingerprint density at radius 2 is 1.88 bits per heavy atom. The van der Waals surface area contributed by atoms with Crippen LogP contribution in [-0.2, 0) is 0 Å². The highest BCUT2D eigenvalue weighted by atomic mass is 35.5. The van der Waals surface area contributed by atoms with Crippen LogP contribution in [0.2, 0.25) is 0 Å². The molecule has 4 heteroatoms. The third kappa shape index (κ3) is 4.19. The average Bonchev–Trinajstić information content (AvgIpc) is 1.67. The molecule has 0 aliphatic rings. The smallest absolute Gasteiger partial charge is 0.161 e. The first-order valence-electron chi connectivity index (χ1n) is 2.04. The van der Waals surface area contributed by atoms with Crippen molar-refractivity contribution in [2.24, 2.45) is 0 Å². The Bertz CT molecular complexity index is 65.1. The maximum Gasteiger partial charge on any atom is 0.172 e. The molecule has 0 nitrogen and oxygen atoms in total. The van der Waals surface area contributed by atoms with Gasteiger partial charge in [-0.1, -0.05) is 23.2 Å². The zero-order valence-corrected chi connectivity index (χ0v) is 7.92. The van der Waals surface area contributed by atoms with Crippen molar-refractivity contribution in [1.29, 1.82) is 0 Å². The van der Waals surface area contributed by atoms with Crippen molar-refractivity contribution in [3.8, 4) is 0 Å². The van der Waals surface area contributed by atoms with E-state index in [0.29, 0.717) is 0 Å². The molecule has 0 N–H and O–H groups in total. The fourth-order valence-electron chi connectivity index (χ4n) is 0.227. The van der Waals surface area contributed by atoms with Crippen LogP contribution in [0.5, 0.6) is 0 Å². The largest absolute Gasteiger partial charge is 0.172 e. The zero-order valence-electron chi connectivity index (χ0n) is 4.78. The van der Waals surface area contributed by atoms with Crippen LogP contribution in [0, 0.1) is 0 Å². The van der Waals surface area contributed by atoms with E-state index in [2.05, 4.69) is 0 Å². The van der Waals surface area contributed by atoms with Gasteiger partial charge in [-0.3, -0.25) is 0 Å². The molecule has 0 aromatic heterocycles. The van der Waals surface area contributed by atoms with E-state index in [1.54, 1.807) is 11.8 Å². The van der Waals surface area contributed by atoms with E-state index in [4.69, 9.17) is 23.2 Å². The molecule has 0 bridgehead atoms. The molecular formula is C4H8Cl2S2. The summed E-state index contributed by atoms with van der Waals surface area (Å²) in [4.78, 5) is 0. The predicted molar refractivity (Wildman–Crippen MR) is 46.3 cm³/mol. The topological polar surface area (TPSA) is 0 Å². The van der Waals surface area contributed by atoms with E-state index in [0.717, 1.165) is 5.75 Å². The normalized spacial score (nSPS) is 12.0. The Hall–Kier alpha value is 1.28. The van der Waals surface area contributed by atoms with Gasteiger partial charge in [-0.2, -0.15) is 11.8 Å². The van der Waals surface area contributed by atoms with Crippen molar-refractivity contribution in [1.82, 2.24) is 0 Å². The Kier molecular flexibility index (Phi) is 4.82. The molecule has 0 amide bonds. The molecule has 0 aliphatic carbocycles. The summed E-state index contributed by atoms with van der Waals surface area (Å²) in [5, 5.41) is 0. The Morgan fingerprint density at radius 1 is 1.38 bits per heavy atom. The highest BCUT2D eigenvalue weighted by Crippen LogP contribution is 2.34. The highest BCUT2D eigenvalue weighted by molar-refractivity contribution is 8.05. The minimum atomic E-state index is -0.584. The lowest BCUT2D eigenvalue weighted by Crippen LogP contribution is -2.08. The molecule has 0 fully saturated rings. The first kappa shape index (κ1) is 9.28. The zero-order chi connectivity index (χ0) is 6.62. The molecule has 0 heterocycles. The van der Waals surface area contributed by atoms with Crippen molar-refractivity contribution in [2.75, 3.05) is 18.3 Å². The van der Waals surface area contributed by atoms with Crippen LogP contribution < -0.4 is 0 Å². The first-order chi connectivity index (χ1) is 3.62. The maximum absolute atomic E-state index is 5.73. The van der Waals surface area contributed by atoms with Gasteiger partial charge in [0.1, 0.15) is 0 Å². The van der Waals surface area contributed by atoms with Crippen LogP contribution in [0.1, 0.15) is 0 Å². The van der Waals surface area contributed by atoms with Gasteiger partial charge < -0.3 is 0 Å². The predicted octanol–water partition coefficient (Wildman–Crippen LogP) is 2.84. The minimum Gasteiger partial charge on any atom is -0.161 e. The van der Waals surface area contributed by atoms with Gasteiger partial charge in [0.15, 0.2) is 3.67 Å². The standard InChI is InChI=1S/C4H8Cl2S2/c1-7-3-4(5,6)8-2/h3H2,1-2H3. The summed E-state index contributed by atoms with van der Waals surface area (Å²) in [5.74, 6) is 0.775. The molecule has 0 radical (unpaired) electrons. The number of rotatable bonds is 3. The molecule has 50 valence electrons. The van der Waals surface area contributed by atoms with E-state index in [1.165, 1.54) is 11.8 Å². The van der Waals surface area contributed by atoms with E-state index in [1.807, 2.05) is 12.5 Å². The van der Waals surface area contributed by atoms with Gasteiger partial charge >= 0.3 is 0 Å². The van der Waals surface area contributed by atoms with E-state index >= 15 is 0 Å². The SMILES string of the molecule is CSCC(Cl)(Cl)SC. The summed E-state index contributed by atoms with van der Waals surface area (Å²) < 4.78 is -0.584. The number of alkyl halides is 2. The number of hydrogen-bond acceptors (Lipinski definition) is 2. The molecule has 0 saturated heterocycles. The fraction of sp³-hybridized carbons (Fsp3) is 1.00. The number of hydrogen-bond donors (Lipinski definition) is 0. The van der Waals surface area contributed by atoms with Crippen molar-refractivity contribution in [2.45, 2.75) is 3.67 Å². The molecule has 0 saturated carbocycles. The molecule has 8 heavy (non-hydrogen) atoms. The maximum atomic E-state index is 5.73. The molecule has 0 unspecified atom stereocenters. The second-order valence-electron chi connectivity index (χ2n) is 1.27. The monoisotopic (exact) mass is 190 g/mol. The Morgan fingerprint density at radius 3 is 2.00 bits per heavy atom. The van der Waals surface area contributed by atoms with E-state index in [9.17, 15) is 0 Å². The number of halogens is 2. The molecule has 0 aromatic carbocycles. The lowest BCUT2D eigenvalue weighted by Gasteiger charge is -2.13. The van der Waals surface area contributed by atoms with E-state index in [-0.39, 0.29) is 0 Å². The van der Waals surface area contributed by atoms with Crippen LogP contribution >= 0.6 is 46.7 Å². The van der Waals surface area contributed by atoms with Crippen molar-refractivity contribution in [3.63, 3.8) is 0 Å². The van der Waals surface area contributed by atoms with Gasteiger partial charge in [0, 0.05) is 5.75 Å². The summed E-state index contributed by atoms with van der Waals surface area (Å²) in [5.41, 5.74) is 0. The highest BCUT2D eigenvalue weighted by Gasteiger charge is 2.20. The summed E-state index contributed by atoms with van der Waals surface area (Å²) in [6.45, 7) is 0. The molecule has 0 aliphatic heterocycles. The van der Waals surface area contributed by atoms with Gasteiger partial charge in [0.25, 0.3) is 0 Å².